The van der Waals surface area contributed by atoms with Crippen molar-refractivity contribution in [3.05, 3.63) is 40.9 Å². The minimum atomic E-state index is 0.113. The molecule has 21 heavy (non-hydrogen) atoms. The van der Waals surface area contributed by atoms with E-state index >= 15 is 0 Å². The molecule has 0 fully saturated rings. The first-order valence-electron chi connectivity index (χ1n) is 7.65. The Morgan fingerprint density at radius 2 is 1.67 bits per heavy atom. The van der Waals surface area contributed by atoms with Gasteiger partial charge in [-0.05, 0) is 30.4 Å². The summed E-state index contributed by atoms with van der Waals surface area (Å²) in [5.41, 5.74) is 0.899. The zero-order chi connectivity index (χ0) is 15.2. The van der Waals surface area contributed by atoms with Crippen LogP contribution >= 0.6 is 15.9 Å². The summed E-state index contributed by atoms with van der Waals surface area (Å²) >= 11 is 3.56. The summed E-state index contributed by atoms with van der Waals surface area (Å²) in [5.74, 6) is 0.258. The molecule has 0 aromatic heterocycles. The molecular formula is C18H22BrNO. The summed E-state index contributed by atoms with van der Waals surface area (Å²) in [5, 5.41) is 5.32. The normalized spacial score (nSPS) is 11.0. The Labute approximate surface area is 135 Å². The van der Waals surface area contributed by atoms with Gasteiger partial charge in [0.25, 0.3) is 0 Å². The number of rotatable bonds is 6. The van der Waals surface area contributed by atoms with Crippen LogP contribution in [0.1, 0.15) is 39.5 Å². The lowest BCUT2D eigenvalue weighted by atomic mass is 9.97. The molecule has 0 aliphatic rings. The summed E-state index contributed by atoms with van der Waals surface area (Å²) in [6.07, 6.45) is 3.99. The van der Waals surface area contributed by atoms with Crippen LogP contribution < -0.4 is 5.32 Å². The average molecular weight is 348 g/mol. The minimum Gasteiger partial charge on any atom is -0.325 e. The first kappa shape index (κ1) is 16.0. The van der Waals surface area contributed by atoms with Crippen LogP contribution in [0.4, 0.5) is 5.69 Å². The fourth-order valence-electron chi connectivity index (χ4n) is 2.71. The maximum absolute atomic E-state index is 12.5. The molecule has 3 heteroatoms. The number of hydrogen-bond donors (Lipinski definition) is 1. The zero-order valence-corrected chi connectivity index (χ0v) is 14.2. The van der Waals surface area contributed by atoms with E-state index in [4.69, 9.17) is 0 Å². The molecule has 2 nitrogen and oxygen atoms in total. The molecule has 0 radical (unpaired) electrons. The maximum Gasteiger partial charge on any atom is 0.227 e. The highest BCUT2D eigenvalue weighted by molar-refractivity contribution is 9.10. The number of fused-ring (bicyclic) bond motifs is 1. The molecule has 0 saturated heterocycles. The van der Waals surface area contributed by atoms with Gasteiger partial charge in [-0.2, -0.15) is 0 Å². The maximum atomic E-state index is 12.5. The van der Waals surface area contributed by atoms with Crippen molar-refractivity contribution in [3.8, 4) is 0 Å². The molecule has 0 aliphatic carbocycles. The van der Waals surface area contributed by atoms with E-state index in [1.54, 1.807) is 0 Å². The largest absolute Gasteiger partial charge is 0.325 e. The van der Waals surface area contributed by atoms with Gasteiger partial charge >= 0.3 is 0 Å². The molecule has 2 rings (SSSR count). The van der Waals surface area contributed by atoms with Gasteiger partial charge in [0.2, 0.25) is 5.91 Å². The lowest BCUT2D eigenvalue weighted by molar-refractivity contribution is -0.120. The number of carbonyl (C=O) groups is 1. The van der Waals surface area contributed by atoms with Crippen molar-refractivity contribution in [2.75, 3.05) is 5.32 Å². The number of amides is 1. The summed E-state index contributed by atoms with van der Waals surface area (Å²) in [7, 11) is 0. The SMILES string of the molecule is CCCC(CCC)C(=O)Nc1ccc(Br)c2ccccc12. The third-order valence-electron chi connectivity index (χ3n) is 3.77. The van der Waals surface area contributed by atoms with Crippen LogP contribution in [0, 0.1) is 5.92 Å². The number of benzene rings is 2. The van der Waals surface area contributed by atoms with Gasteiger partial charge in [0.05, 0.1) is 0 Å². The van der Waals surface area contributed by atoms with Gasteiger partial charge in [-0.1, -0.05) is 66.9 Å². The fourth-order valence-corrected chi connectivity index (χ4v) is 3.19. The lowest BCUT2D eigenvalue weighted by Crippen LogP contribution is -2.22. The Balaban J connectivity index is 2.27. The average Bonchev–Trinajstić information content (AvgIpc) is 2.50. The van der Waals surface area contributed by atoms with Gasteiger partial charge in [-0.3, -0.25) is 4.79 Å². The van der Waals surface area contributed by atoms with Gasteiger partial charge in [-0.15, -0.1) is 0 Å². The third kappa shape index (κ3) is 3.85. The second-order valence-corrected chi connectivity index (χ2v) is 6.26. The molecule has 0 atom stereocenters. The highest BCUT2D eigenvalue weighted by Gasteiger charge is 2.17. The van der Waals surface area contributed by atoms with E-state index in [0.717, 1.165) is 46.6 Å². The van der Waals surface area contributed by atoms with E-state index in [9.17, 15) is 4.79 Å². The Morgan fingerprint density at radius 3 is 2.29 bits per heavy atom. The van der Waals surface area contributed by atoms with Crippen LogP contribution in [-0.4, -0.2) is 5.91 Å². The zero-order valence-electron chi connectivity index (χ0n) is 12.7. The van der Waals surface area contributed by atoms with Crippen molar-refractivity contribution in [1.29, 1.82) is 0 Å². The second kappa shape index (κ2) is 7.60. The lowest BCUT2D eigenvalue weighted by Gasteiger charge is -2.16. The third-order valence-corrected chi connectivity index (χ3v) is 4.47. The van der Waals surface area contributed by atoms with Crippen molar-refractivity contribution in [1.82, 2.24) is 0 Å². The molecular weight excluding hydrogens is 326 g/mol. The Hall–Kier alpha value is -1.35. The van der Waals surface area contributed by atoms with E-state index in [1.807, 2.05) is 30.3 Å². The summed E-state index contributed by atoms with van der Waals surface area (Å²) in [6.45, 7) is 4.26. The Bertz CT molecular complexity index is 618. The Morgan fingerprint density at radius 1 is 1.05 bits per heavy atom. The first-order valence-corrected chi connectivity index (χ1v) is 8.44. The van der Waals surface area contributed by atoms with Crippen LogP contribution in [-0.2, 0) is 4.79 Å². The number of nitrogens with one attached hydrogen (secondary N) is 1. The number of halogens is 1. The van der Waals surface area contributed by atoms with E-state index < -0.39 is 0 Å². The van der Waals surface area contributed by atoms with Crippen molar-refractivity contribution < 1.29 is 4.79 Å². The molecule has 0 aliphatic heterocycles. The standard InChI is InChI=1S/C18H22BrNO/c1-3-7-13(8-4-2)18(21)20-17-12-11-16(19)14-9-5-6-10-15(14)17/h5-6,9-13H,3-4,7-8H2,1-2H3,(H,20,21). The highest BCUT2D eigenvalue weighted by Crippen LogP contribution is 2.30. The summed E-state index contributed by atoms with van der Waals surface area (Å²) < 4.78 is 1.05. The molecule has 0 heterocycles. The highest BCUT2D eigenvalue weighted by atomic mass is 79.9. The van der Waals surface area contributed by atoms with Gasteiger partial charge < -0.3 is 5.32 Å². The van der Waals surface area contributed by atoms with Crippen LogP contribution in [0.3, 0.4) is 0 Å². The molecule has 0 bridgehead atoms. The van der Waals surface area contributed by atoms with Gasteiger partial charge in [0.1, 0.15) is 0 Å². The van der Waals surface area contributed by atoms with E-state index in [1.165, 1.54) is 0 Å². The van der Waals surface area contributed by atoms with Gasteiger partial charge in [-0.25, -0.2) is 0 Å². The van der Waals surface area contributed by atoms with Gasteiger partial charge in [0.15, 0.2) is 0 Å². The quantitative estimate of drug-likeness (QED) is 0.707. The topological polar surface area (TPSA) is 29.1 Å². The predicted molar refractivity (Wildman–Crippen MR) is 93.6 cm³/mol. The molecule has 2 aromatic rings. The van der Waals surface area contributed by atoms with Crippen LogP contribution in [0.25, 0.3) is 10.8 Å². The number of anilines is 1. The molecule has 1 N–H and O–H groups in total. The Kier molecular flexibility index (Phi) is 5.80. The molecule has 1 amide bonds. The predicted octanol–water partition coefficient (Wildman–Crippen LogP) is 5.76. The molecule has 0 spiro atoms. The summed E-state index contributed by atoms with van der Waals surface area (Å²) in [6, 6.07) is 12.1. The first-order chi connectivity index (χ1) is 10.2. The van der Waals surface area contributed by atoms with Gasteiger partial charge in [0, 0.05) is 21.5 Å². The molecule has 0 unspecified atom stereocenters. The fraction of sp³-hybridized carbons (Fsp3) is 0.389. The van der Waals surface area contributed by atoms with E-state index in [0.29, 0.717) is 0 Å². The van der Waals surface area contributed by atoms with Crippen molar-refractivity contribution in [3.63, 3.8) is 0 Å². The van der Waals surface area contributed by atoms with Crippen LogP contribution in [0.2, 0.25) is 0 Å². The smallest absolute Gasteiger partial charge is 0.227 e. The van der Waals surface area contributed by atoms with E-state index in [2.05, 4.69) is 41.2 Å². The van der Waals surface area contributed by atoms with Crippen LogP contribution in [0.5, 0.6) is 0 Å². The second-order valence-electron chi connectivity index (χ2n) is 5.40. The molecule has 112 valence electrons. The molecule has 0 saturated carbocycles. The minimum absolute atomic E-state index is 0.113. The number of carbonyl (C=O) groups excluding carboxylic acids is 1. The van der Waals surface area contributed by atoms with Crippen molar-refractivity contribution >= 4 is 38.3 Å². The van der Waals surface area contributed by atoms with E-state index in [-0.39, 0.29) is 11.8 Å². The van der Waals surface area contributed by atoms with Crippen LogP contribution in [0.15, 0.2) is 40.9 Å². The summed E-state index contributed by atoms with van der Waals surface area (Å²) in [4.78, 5) is 12.5. The number of hydrogen-bond acceptors (Lipinski definition) is 1. The van der Waals surface area contributed by atoms with Crippen molar-refractivity contribution in [2.24, 2.45) is 5.92 Å². The molecule has 2 aromatic carbocycles. The monoisotopic (exact) mass is 347 g/mol. The van der Waals surface area contributed by atoms with Crippen molar-refractivity contribution in [2.45, 2.75) is 39.5 Å².